The van der Waals surface area contributed by atoms with Crippen molar-refractivity contribution in [2.24, 2.45) is 0 Å². The Kier molecular flexibility index (Phi) is 11.3. The summed E-state index contributed by atoms with van der Waals surface area (Å²) in [4.78, 5) is 26.3. The number of hydrogen-bond donors (Lipinski definition) is 1. The number of hydrogen-bond acceptors (Lipinski definition) is 7. The molecule has 13 heteroatoms. The predicted molar refractivity (Wildman–Crippen MR) is 152 cm³/mol. The average molecular weight is 608 g/mol. The first-order chi connectivity index (χ1) is 19.9. The average Bonchev–Trinajstić information content (AvgIpc) is 3.11. The van der Waals surface area contributed by atoms with Gasteiger partial charge in [0, 0.05) is 25.5 Å². The maximum atomic E-state index is 13.5. The Labute approximate surface area is 247 Å². The van der Waals surface area contributed by atoms with Crippen molar-refractivity contribution in [2.75, 3.05) is 42.8 Å². The van der Waals surface area contributed by atoms with Crippen LogP contribution in [0.2, 0.25) is 0 Å². The molecule has 1 heterocycles. The van der Waals surface area contributed by atoms with Gasteiger partial charge in [-0.25, -0.2) is 4.79 Å². The van der Waals surface area contributed by atoms with E-state index in [0.717, 1.165) is 36.3 Å². The summed E-state index contributed by atoms with van der Waals surface area (Å²) in [5.74, 6) is -0.878. The number of anilines is 2. The van der Waals surface area contributed by atoms with Crippen LogP contribution < -0.4 is 14.5 Å². The summed E-state index contributed by atoms with van der Waals surface area (Å²) in [7, 11) is 0. The SMILES string of the molecule is CC1(C)C(=O)N(c2ccc(C#N)c(C(F)(F)F)c2)C(=S)N1c1ccc(OCCCCCOCCCOCC(=O)O)cc1. The van der Waals surface area contributed by atoms with Crippen LogP contribution in [0.3, 0.4) is 0 Å². The van der Waals surface area contributed by atoms with Crippen LogP contribution in [0, 0.1) is 11.3 Å². The molecule has 2 aromatic rings. The molecule has 9 nitrogen and oxygen atoms in total. The van der Waals surface area contributed by atoms with Crippen molar-refractivity contribution < 1.29 is 42.1 Å². The first kappa shape index (κ1) is 32.8. The molecule has 0 atom stereocenters. The van der Waals surface area contributed by atoms with E-state index in [4.69, 9.17) is 36.8 Å². The van der Waals surface area contributed by atoms with Crippen molar-refractivity contribution in [3.8, 4) is 11.8 Å². The molecular weight excluding hydrogens is 575 g/mol. The quantitative estimate of drug-likeness (QED) is 0.206. The number of carboxylic acids is 1. The van der Waals surface area contributed by atoms with Crippen molar-refractivity contribution >= 4 is 40.6 Å². The number of alkyl halides is 3. The molecule has 0 unspecified atom stereocenters. The number of thiocarbonyl (C=S) groups is 1. The van der Waals surface area contributed by atoms with Crippen LogP contribution in [0.15, 0.2) is 42.5 Å². The summed E-state index contributed by atoms with van der Waals surface area (Å²) in [6.45, 7) is 4.89. The molecule has 1 saturated heterocycles. The lowest BCUT2D eigenvalue weighted by atomic mass is 10.0. The Morgan fingerprint density at radius 3 is 2.24 bits per heavy atom. The van der Waals surface area contributed by atoms with Gasteiger partial charge < -0.3 is 24.2 Å². The van der Waals surface area contributed by atoms with E-state index >= 15 is 0 Å². The lowest BCUT2D eigenvalue weighted by molar-refractivity contribution is -0.142. The Bertz CT molecular complexity index is 1310. The third kappa shape index (κ3) is 8.18. The zero-order valence-corrected chi connectivity index (χ0v) is 24.1. The van der Waals surface area contributed by atoms with Crippen LogP contribution in [0.25, 0.3) is 0 Å². The molecule has 1 amide bonds. The molecule has 226 valence electrons. The van der Waals surface area contributed by atoms with E-state index in [1.807, 2.05) is 0 Å². The lowest BCUT2D eigenvalue weighted by Crippen LogP contribution is -2.44. The molecule has 3 rings (SSSR count). The fourth-order valence-electron chi connectivity index (χ4n) is 4.35. The van der Waals surface area contributed by atoms with Crippen LogP contribution in [-0.4, -0.2) is 60.7 Å². The molecule has 42 heavy (non-hydrogen) atoms. The van der Waals surface area contributed by atoms with Gasteiger partial charge in [-0.3, -0.25) is 9.69 Å². The van der Waals surface area contributed by atoms with E-state index in [2.05, 4.69) is 0 Å². The fourth-order valence-corrected chi connectivity index (χ4v) is 4.87. The minimum Gasteiger partial charge on any atom is -0.494 e. The molecule has 2 aromatic carbocycles. The smallest absolute Gasteiger partial charge is 0.417 e. The fraction of sp³-hybridized carbons (Fsp3) is 0.448. The second-order valence-electron chi connectivity index (χ2n) is 9.97. The summed E-state index contributed by atoms with van der Waals surface area (Å²) in [6.07, 6.45) is -1.58. The number of carbonyl (C=O) groups excluding carboxylic acids is 1. The van der Waals surface area contributed by atoms with Gasteiger partial charge in [0.25, 0.3) is 5.91 Å². The van der Waals surface area contributed by atoms with E-state index in [-0.39, 0.29) is 17.4 Å². The highest BCUT2D eigenvalue weighted by atomic mass is 32.1. The second kappa shape index (κ2) is 14.4. The monoisotopic (exact) mass is 607 g/mol. The molecule has 0 radical (unpaired) electrons. The van der Waals surface area contributed by atoms with Crippen molar-refractivity contribution in [3.63, 3.8) is 0 Å². The molecule has 0 aromatic heterocycles. The molecule has 0 aliphatic carbocycles. The third-order valence-corrected chi connectivity index (χ3v) is 6.82. The number of ether oxygens (including phenoxy) is 3. The maximum absolute atomic E-state index is 13.5. The largest absolute Gasteiger partial charge is 0.494 e. The molecule has 0 saturated carbocycles. The second-order valence-corrected chi connectivity index (χ2v) is 10.3. The standard InChI is InChI=1S/C29H32F3N3O6S/c1-28(2)26(38)34(22-8-7-20(18-33)24(17-22)29(30,31)32)27(42)35(28)21-9-11-23(12-10-21)41-16-5-3-4-13-39-14-6-15-40-19-25(36)37/h7-12,17H,3-6,13-16,19H2,1-2H3,(H,36,37). The molecule has 1 N–H and O–H groups in total. The summed E-state index contributed by atoms with van der Waals surface area (Å²) in [5.41, 5.74) is -2.35. The maximum Gasteiger partial charge on any atom is 0.417 e. The zero-order valence-electron chi connectivity index (χ0n) is 23.3. The minimum atomic E-state index is -4.77. The number of nitriles is 1. The van der Waals surface area contributed by atoms with Gasteiger partial charge in [0.1, 0.15) is 17.9 Å². The van der Waals surface area contributed by atoms with E-state index < -0.39 is 34.7 Å². The van der Waals surface area contributed by atoms with Gasteiger partial charge in [0.05, 0.1) is 29.5 Å². The van der Waals surface area contributed by atoms with Crippen molar-refractivity contribution in [1.82, 2.24) is 0 Å². The molecular formula is C29H32F3N3O6S. The minimum absolute atomic E-state index is 0.0199. The van der Waals surface area contributed by atoms with Crippen molar-refractivity contribution in [2.45, 2.75) is 51.2 Å². The highest BCUT2D eigenvalue weighted by Crippen LogP contribution is 2.39. The summed E-state index contributed by atoms with van der Waals surface area (Å²) in [6, 6.07) is 11.6. The van der Waals surface area contributed by atoms with E-state index in [1.54, 1.807) is 43.0 Å². The van der Waals surface area contributed by atoms with Gasteiger partial charge in [0.2, 0.25) is 0 Å². The molecule has 0 bridgehead atoms. The number of benzene rings is 2. The third-order valence-electron chi connectivity index (χ3n) is 6.45. The number of nitrogens with zero attached hydrogens (tertiary/aromatic N) is 3. The first-order valence-electron chi connectivity index (χ1n) is 13.3. The number of rotatable bonds is 15. The first-order valence-corrected chi connectivity index (χ1v) is 13.7. The normalized spacial score (nSPS) is 14.8. The van der Waals surface area contributed by atoms with Crippen LogP contribution in [0.5, 0.6) is 5.75 Å². The molecule has 1 aliphatic heterocycles. The van der Waals surface area contributed by atoms with Gasteiger partial charge >= 0.3 is 12.1 Å². The summed E-state index contributed by atoms with van der Waals surface area (Å²) in [5, 5.41) is 17.6. The summed E-state index contributed by atoms with van der Waals surface area (Å²) >= 11 is 5.56. The van der Waals surface area contributed by atoms with Gasteiger partial charge in [-0.05, 0) is 94.2 Å². The van der Waals surface area contributed by atoms with E-state index in [0.29, 0.717) is 44.3 Å². The Hall–Kier alpha value is -3.73. The number of amides is 1. The van der Waals surface area contributed by atoms with Crippen LogP contribution >= 0.6 is 12.2 Å². The Morgan fingerprint density at radius 2 is 1.60 bits per heavy atom. The molecule has 1 fully saturated rings. The highest BCUT2D eigenvalue weighted by Gasteiger charge is 2.50. The van der Waals surface area contributed by atoms with Gasteiger partial charge in [0.15, 0.2) is 5.11 Å². The summed E-state index contributed by atoms with van der Waals surface area (Å²) < 4.78 is 56.9. The number of carboxylic acid groups (broad SMARTS) is 1. The number of carbonyl (C=O) groups is 2. The lowest BCUT2D eigenvalue weighted by Gasteiger charge is -2.29. The predicted octanol–water partition coefficient (Wildman–Crippen LogP) is 5.55. The highest BCUT2D eigenvalue weighted by molar-refractivity contribution is 7.81. The van der Waals surface area contributed by atoms with E-state index in [9.17, 15) is 22.8 Å². The Morgan fingerprint density at radius 1 is 0.976 bits per heavy atom. The van der Waals surface area contributed by atoms with E-state index in [1.165, 1.54) is 12.1 Å². The van der Waals surface area contributed by atoms with Gasteiger partial charge in [-0.2, -0.15) is 18.4 Å². The number of aliphatic carboxylic acids is 1. The van der Waals surface area contributed by atoms with Crippen molar-refractivity contribution in [1.29, 1.82) is 5.26 Å². The van der Waals surface area contributed by atoms with Gasteiger partial charge in [-0.15, -0.1) is 0 Å². The van der Waals surface area contributed by atoms with Gasteiger partial charge in [-0.1, -0.05) is 0 Å². The number of unbranched alkanes of at least 4 members (excludes halogenated alkanes) is 2. The van der Waals surface area contributed by atoms with Crippen LogP contribution in [-0.2, 0) is 25.2 Å². The van der Waals surface area contributed by atoms with Crippen LogP contribution in [0.1, 0.15) is 50.7 Å². The topological polar surface area (TPSA) is 112 Å². The molecule has 0 spiro atoms. The Balaban J connectivity index is 1.52. The number of halogens is 3. The van der Waals surface area contributed by atoms with Crippen molar-refractivity contribution in [3.05, 3.63) is 53.6 Å². The molecule has 1 aliphatic rings. The zero-order chi connectivity index (χ0) is 30.9. The van der Waals surface area contributed by atoms with Crippen LogP contribution in [0.4, 0.5) is 24.5 Å².